The van der Waals surface area contributed by atoms with Gasteiger partial charge in [0.05, 0.1) is 6.61 Å². The highest BCUT2D eigenvalue weighted by atomic mass is 16.5. The third-order valence-corrected chi connectivity index (χ3v) is 4.48. The zero-order chi connectivity index (χ0) is 18.7. The van der Waals surface area contributed by atoms with Crippen LogP contribution < -0.4 is 0 Å². The molecule has 0 amide bonds. The second-order valence-corrected chi connectivity index (χ2v) is 6.20. The van der Waals surface area contributed by atoms with Gasteiger partial charge < -0.3 is 19.0 Å². The van der Waals surface area contributed by atoms with Crippen LogP contribution in [0.15, 0.2) is 36.4 Å². The van der Waals surface area contributed by atoms with E-state index in [1.165, 1.54) is 0 Å². The molecule has 0 fully saturated rings. The summed E-state index contributed by atoms with van der Waals surface area (Å²) in [6.07, 6.45) is 0. The fraction of sp³-hybridized carbons (Fsp3) is 0.300. The van der Waals surface area contributed by atoms with E-state index in [0.717, 1.165) is 22.3 Å². The van der Waals surface area contributed by atoms with Crippen molar-refractivity contribution >= 4 is 22.7 Å². The number of aromatic amines is 1. The Morgan fingerprint density at radius 3 is 2.65 bits per heavy atom. The summed E-state index contributed by atoms with van der Waals surface area (Å²) in [5, 5.41) is 0.924. The Morgan fingerprint density at radius 1 is 1.15 bits per heavy atom. The predicted octanol–water partition coefficient (Wildman–Crippen LogP) is 3.27. The first-order valence-corrected chi connectivity index (χ1v) is 8.45. The van der Waals surface area contributed by atoms with Gasteiger partial charge in [-0.05, 0) is 32.0 Å². The van der Waals surface area contributed by atoms with E-state index in [1.807, 2.05) is 48.7 Å². The quantitative estimate of drug-likeness (QED) is 0.522. The fourth-order valence-corrected chi connectivity index (χ4v) is 3.08. The first-order valence-electron chi connectivity index (χ1n) is 8.45. The lowest BCUT2D eigenvalue weighted by molar-refractivity contribution is 0.0469. The molecule has 0 aliphatic heterocycles. The molecule has 0 atom stereocenters. The van der Waals surface area contributed by atoms with E-state index in [4.69, 9.17) is 9.47 Å². The number of carbonyl (C=O) groups is 2. The topological polar surface area (TPSA) is 73.3 Å². The molecule has 0 spiro atoms. The minimum absolute atomic E-state index is 0.216. The number of nitrogens with zero attached hydrogens (tertiary/aromatic N) is 1. The number of aryl methyl sites for hydroxylation is 1. The number of fused-ring (bicyclic) bond motifs is 1. The van der Waals surface area contributed by atoms with Gasteiger partial charge in [-0.15, -0.1) is 0 Å². The van der Waals surface area contributed by atoms with Crippen LogP contribution in [0.25, 0.3) is 10.9 Å². The molecule has 0 radical (unpaired) electrons. The first-order chi connectivity index (χ1) is 12.5. The number of aromatic nitrogens is 2. The third-order valence-electron chi connectivity index (χ3n) is 4.48. The summed E-state index contributed by atoms with van der Waals surface area (Å²) in [6, 6.07) is 11.1. The zero-order valence-corrected chi connectivity index (χ0v) is 15.2. The Balaban J connectivity index is 1.67. The summed E-state index contributed by atoms with van der Waals surface area (Å²) in [5.41, 5.74) is 3.59. The highest BCUT2D eigenvalue weighted by Crippen LogP contribution is 2.17. The second-order valence-electron chi connectivity index (χ2n) is 6.20. The van der Waals surface area contributed by atoms with Crippen molar-refractivity contribution in [2.75, 3.05) is 20.3 Å². The van der Waals surface area contributed by atoms with Crippen molar-refractivity contribution in [3.63, 3.8) is 0 Å². The van der Waals surface area contributed by atoms with E-state index in [0.29, 0.717) is 24.4 Å². The van der Waals surface area contributed by atoms with Crippen molar-refractivity contribution in [2.24, 2.45) is 0 Å². The molecule has 2 aromatic heterocycles. The van der Waals surface area contributed by atoms with Crippen LogP contribution in [0.1, 0.15) is 32.2 Å². The molecule has 1 aromatic carbocycles. The van der Waals surface area contributed by atoms with Crippen molar-refractivity contribution in [2.45, 2.75) is 20.4 Å². The molecule has 3 aromatic rings. The molecule has 0 aliphatic carbocycles. The average Bonchev–Trinajstić information content (AvgIpc) is 3.19. The van der Waals surface area contributed by atoms with Crippen molar-refractivity contribution in [1.29, 1.82) is 0 Å². The summed E-state index contributed by atoms with van der Waals surface area (Å²) in [6.45, 7) is 4.78. The summed E-state index contributed by atoms with van der Waals surface area (Å²) in [7, 11) is 1.64. The van der Waals surface area contributed by atoms with Gasteiger partial charge in [-0.1, -0.05) is 18.2 Å². The molecular formula is C20H22N2O4. The average molecular weight is 354 g/mol. The number of rotatable bonds is 7. The number of H-pyrrole nitrogens is 1. The number of benzene rings is 1. The molecule has 6 nitrogen and oxygen atoms in total. The van der Waals surface area contributed by atoms with Crippen LogP contribution in [0.5, 0.6) is 0 Å². The number of ether oxygens (including phenoxy) is 2. The van der Waals surface area contributed by atoms with Crippen molar-refractivity contribution in [3.8, 4) is 0 Å². The molecule has 0 bridgehead atoms. The number of nitrogens with one attached hydrogen (secondary N) is 1. The number of hydrogen-bond acceptors (Lipinski definition) is 4. The van der Waals surface area contributed by atoms with Crippen molar-refractivity contribution in [3.05, 3.63) is 59.0 Å². The van der Waals surface area contributed by atoms with Crippen LogP contribution in [0.2, 0.25) is 0 Å². The van der Waals surface area contributed by atoms with E-state index in [2.05, 4.69) is 4.98 Å². The lowest BCUT2D eigenvalue weighted by Crippen LogP contribution is -2.15. The van der Waals surface area contributed by atoms with Gasteiger partial charge in [-0.3, -0.25) is 4.79 Å². The molecular weight excluding hydrogens is 332 g/mol. The van der Waals surface area contributed by atoms with Gasteiger partial charge in [0.2, 0.25) is 5.78 Å². The Kier molecular flexibility index (Phi) is 5.23. The maximum Gasteiger partial charge on any atom is 0.355 e. The summed E-state index contributed by atoms with van der Waals surface area (Å²) in [4.78, 5) is 27.7. The molecule has 26 heavy (non-hydrogen) atoms. The van der Waals surface area contributed by atoms with E-state index in [1.54, 1.807) is 13.2 Å². The van der Waals surface area contributed by atoms with Crippen molar-refractivity contribution < 1.29 is 19.1 Å². The standard InChI is InChI=1S/C20H22N2O4/c1-13-10-16(14(2)22(13)8-9-25-3)19(23)12-26-20(24)18-11-15-6-4-5-7-17(15)21-18/h4-7,10-11,21H,8-9,12H2,1-3H3. The van der Waals surface area contributed by atoms with E-state index in [-0.39, 0.29) is 12.4 Å². The fourth-order valence-electron chi connectivity index (χ4n) is 3.08. The molecule has 2 heterocycles. The molecule has 0 aliphatic rings. The van der Waals surface area contributed by atoms with Gasteiger partial charge in [0.25, 0.3) is 0 Å². The first kappa shape index (κ1) is 17.9. The Morgan fingerprint density at radius 2 is 1.92 bits per heavy atom. The Hall–Kier alpha value is -2.86. The highest BCUT2D eigenvalue weighted by molar-refractivity contribution is 6.01. The molecule has 3 rings (SSSR count). The van der Waals surface area contributed by atoms with Crippen LogP contribution in [0.3, 0.4) is 0 Å². The monoisotopic (exact) mass is 354 g/mol. The van der Waals surface area contributed by atoms with Gasteiger partial charge >= 0.3 is 5.97 Å². The smallest absolute Gasteiger partial charge is 0.355 e. The van der Waals surface area contributed by atoms with Crippen LogP contribution in [0, 0.1) is 13.8 Å². The van der Waals surface area contributed by atoms with E-state index < -0.39 is 5.97 Å². The lowest BCUT2D eigenvalue weighted by atomic mass is 10.1. The molecule has 1 N–H and O–H groups in total. The van der Waals surface area contributed by atoms with Gasteiger partial charge in [-0.2, -0.15) is 0 Å². The van der Waals surface area contributed by atoms with E-state index >= 15 is 0 Å². The van der Waals surface area contributed by atoms with Crippen LogP contribution in [-0.4, -0.2) is 41.6 Å². The molecule has 0 unspecified atom stereocenters. The molecule has 6 heteroatoms. The minimum atomic E-state index is -0.539. The second kappa shape index (κ2) is 7.58. The molecule has 0 saturated heterocycles. The van der Waals surface area contributed by atoms with Gasteiger partial charge in [0, 0.05) is 41.5 Å². The number of carbonyl (C=O) groups excluding carboxylic acids is 2. The molecule has 0 saturated carbocycles. The summed E-state index contributed by atoms with van der Waals surface area (Å²) < 4.78 is 12.3. The number of hydrogen-bond donors (Lipinski definition) is 1. The summed E-state index contributed by atoms with van der Waals surface area (Å²) in [5.74, 6) is -0.756. The lowest BCUT2D eigenvalue weighted by Gasteiger charge is -2.09. The number of esters is 1. The molecule has 136 valence electrons. The Bertz CT molecular complexity index is 919. The normalized spacial score (nSPS) is 11.0. The minimum Gasteiger partial charge on any atom is -0.453 e. The van der Waals surface area contributed by atoms with Gasteiger partial charge in [0.15, 0.2) is 6.61 Å². The third kappa shape index (κ3) is 3.55. The maximum atomic E-state index is 12.5. The summed E-state index contributed by atoms with van der Waals surface area (Å²) >= 11 is 0. The largest absolute Gasteiger partial charge is 0.453 e. The predicted molar refractivity (Wildman–Crippen MR) is 98.7 cm³/mol. The van der Waals surface area contributed by atoms with Crippen LogP contribution in [0.4, 0.5) is 0 Å². The van der Waals surface area contributed by atoms with E-state index in [9.17, 15) is 9.59 Å². The zero-order valence-electron chi connectivity index (χ0n) is 15.2. The SMILES string of the molecule is COCCn1c(C)cc(C(=O)COC(=O)c2cc3ccccc3[nH]2)c1C. The Labute approximate surface area is 151 Å². The number of methoxy groups -OCH3 is 1. The van der Waals surface area contributed by atoms with Gasteiger partial charge in [-0.25, -0.2) is 4.79 Å². The van der Waals surface area contributed by atoms with Crippen molar-refractivity contribution in [1.82, 2.24) is 9.55 Å². The van der Waals surface area contributed by atoms with Crippen LogP contribution in [-0.2, 0) is 16.0 Å². The number of Topliss-reactive ketones (excluding diaryl/α,β-unsaturated/α-hetero) is 1. The maximum absolute atomic E-state index is 12.5. The number of ketones is 1. The van der Waals surface area contributed by atoms with Gasteiger partial charge in [0.1, 0.15) is 5.69 Å². The number of para-hydroxylation sites is 1. The van der Waals surface area contributed by atoms with Crippen LogP contribution >= 0.6 is 0 Å². The highest BCUT2D eigenvalue weighted by Gasteiger charge is 2.18.